The molecule has 5 heteroatoms. The van der Waals surface area contributed by atoms with Gasteiger partial charge in [-0.2, -0.15) is 0 Å². The molecule has 1 fully saturated rings. The predicted molar refractivity (Wildman–Crippen MR) is 67.3 cm³/mol. The number of carbonyl (C=O) groups is 1. The van der Waals surface area contributed by atoms with Crippen LogP contribution in [-0.4, -0.2) is 31.0 Å². The first-order chi connectivity index (χ1) is 8.22. The van der Waals surface area contributed by atoms with Gasteiger partial charge in [-0.15, -0.1) is 11.8 Å². The van der Waals surface area contributed by atoms with Crippen molar-refractivity contribution in [3.63, 3.8) is 0 Å². The minimum Gasteiger partial charge on any atom is -0.462 e. The second kappa shape index (κ2) is 5.42. The van der Waals surface area contributed by atoms with Crippen LogP contribution < -0.4 is 5.73 Å². The number of para-hydroxylation sites is 1. The summed E-state index contributed by atoms with van der Waals surface area (Å²) in [6, 6.07) is 5.43. The van der Waals surface area contributed by atoms with Gasteiger partial charge in [0.05, 0.1) is 36.3 Å². The van der Waals surface area contributed by atoms with E-state index in [4.69, 9.17) is 15.2 Å². The van der Waals surface area contributed by atoms with Crippen molar-refractivity contribution in [1.29, 1.82) is 0 Å². The Morgan fingerprint density at radius 3 is 2.94 bits per heavy atom. The van der Waals surface area contributed by atoms with Crippen LogP contribution in [-0.2, 0) is 9.47 Å². The van der Waals surface area contributed by atoms with E-state index in [2.05, 4.69) is 0 Å². The van der Waals surface area contributed by atoms with E-state index in [0.29, 0.717) is 23.1 Å². The van der Waals surface area contributed by atoms with Crippen LogP contribution in [0.4, 0.5) is 5.69 Å². The zero-order valence-corrected chi connectivity index (χ0v) is 10.5. The first-order valence-electron chi connectivity index (χ1n) is 5.52. The number of ether oxygens (including phenoxy) is 2. The lowest BCUT2D eigenvalue weighted by atomic mass is 10.2. The number of hydrogen-bond donors (Lipinski definition) is 1. The summed E-state index contributed by atoms with van der Waals surface area (Å²) in [5.41, 5.74) is 6.92. The molecule has 1 aliphatic rings. The third-order valence-corrected chi connectivity index (χ3v) is 3.68. The lowest BCUT2D eigenvalue weighted by molar-refractivity contribution is 0.0455. The van der Waals surface area contributed by atoms with E-state index < -0.39 is 0 Å². The van der Waals surface area contributed by atoms with Gasteiger partial charge in [-0.25, -0.2) is 4.79 Å². The number of rotatable bonds is 4. The Morgan fingerprint density at radius 2 is 2.35 bits per heavy atom. The molecule has 92 valence electrons. The van der Waals surface area contributed by atoms with E-state index in [1.165, 1.54) is 0 Å². The Morgan fingerprint density at radius 1 is 1.59 bits per heavy atom. The molecule has 17 heavy (non-hydrogen) atoms. The van der Waals surface area contributed by atoms with Gasteiger partial charge in [-0.1, -0.05) is 6.07 Å². The molecule has 0 amide bonds. The van der Waals surface area contributed by atoms with Gasteiger partial charge in [-0.3, -0.25) is 0 Å². The molecule has 0 radical (unpaired) electrons. The molecule has 0 saturated carbocycles. The summed E-state index contributed by atoms with van der Waals surface area (Å²) in [4.78, 5) is 12.6. The molecule has 4 nitrogen and oxygen atoms in total. The maximum Gasteiger partial charge on any atom is 0.340 e. The number of hydrogen-bond acceptors (Lipinski definition) is 5. The number of esters is 1. The Bertz CT molecular complexity index is 418. The second-order valence-electron chi connectivity index (χ2n) is 3.72. The quantitative estimate of drug-likeness (QED) is 0.656. The van der Waals surface area contributed by atoms with Crippen LogP contribution in [0.15, 0.2) is 23.1 Å². The summed E-state index contributed by atoms with van der Waals surface area (Å²) in [7, 11) is 0. The number of carbonyl (C=O) groups excluding carboxylic acids is 1. The Hall–Kier alpha value is -1.20. The van der Waals surface area contributed by atoms with Gasteiger partial charge >= 0.3 is 5.97 Å². The summed E-state index contributed by atoms with van der Waals surface area (Å²) >= 11 is 1.65. The normalized spacial score (nSPS) is 15.4. The van der Waals surface area contributed by atoms with Crippen molar-refractivity contribution in [2.75, 3.05) is 25.6 Å². The minimum atomic E-state index is -0.364. The van der Waals surface area contributed by atoms with Gasteiger partial charge in [0.2, 0.25) is 0 Å². The highest BCUT2D eigenvalue weighted by atomic mass is 32.2. The van der Waals surface area contributed by atoms with Gasteiger partial charge < -0.3 is 15.2 Å². The van der Waals surface area contributed by atoms with Crippen LogP contribution in [0.5, 0.6) is 0 Å². The van der Waals surface area contributed by atoms with Crippen LogP contribution in [0, 0.1) is 0 Å². The van der Waals surface area contributed by atoms with Crippen molar-refractivity contribution in [2.24, 2.45) is 0 Å². The van der Waals surface area contributed by atoms with E-state index in [-0.39, 0.29) is 5.97 Å². The summed E-state index contributed by atoms with van der Waals surface area (Å²) < 4.78 is 10.1. The van der Waals surface area contributed by atoms with Crippen LogP contribution in [0.2, 0.25) is 0 Å². The Kier molecular flexibility index (Phi) is 3.91. The second-order valence-corrected chi connectivity index (χ2v) is 5.06. The van der Waals surface area contributed by atoms with Crippen molar-refractivity contribution >= 4 is 23.4 Å². The third-order valence-electron chi connectivity index (χ3n) is 2.46. The molecule has 1 aliphatic heterocycles. The molecule has 0 atom stereocenters. The van der Waals surface area contributed by atoms with E-state index >= 15 is 0 Å². The molecule has 1 saturated heterocycles. The SMILES string of the molecule is CCOC(=O)c1cccc(SC2COC2)c1N. The maximum atomic E-state index is 11.7. The molecule has 2 rings (SSSR count). The number of thioether (sulfide) groups is 1. The highest BCUT2D eigenvalue weighted by Gasteiger charge is 2.22. The van der Waals surface area contributed by atoms with E-state index in [0.717, 1.165) is 18.1 Å². The average molecular weight is 253 g/mol. The monoisotopic (exact) mass is 253 g/mol. The van der Waals surface area contributed by atoms with Gasteiger partial charge in [-0.05, 0) is 19.1 Å². The van der Waals surface area contributed by atoms with Gasteiger partial charge in [0.1, 0.15) is 0 Å². The number of nitrogen functional groups attached to an aromatic ring is 1. The predicted octanol–water partition coefficient (Wildman–Crippen LogP) is 1.94. The zero-order chi connectivity index (χ0) is 12.3. The first kappa shape index (κ1) is 12.3. The smallest absolute Gasteiger partial charge is 0.340 e. The number of nitrogens with two attached hydrogens (primary N) is 1. The van der Waals surface area contributed by atoms with Crippen molar-refractivity contribution in [3.8, 4) is 0 Å². The molecule has 2 N–H and O–H groups in total. The largest absolute Gasteiger partial charge is 0.462 e. The van der Waals surface area contributed by atoms with Gasteiger partial charge in [0, 0.05) is 4.90 Å². The Balaban J connectivity index is 2.16. The Labute approximate surface area is 104 Å². The zero-order valence-electron chi connectivity index (χ0n) is 9.64. The molecule has 0 aliphatic carbocycles. The summed E-state index contributed by atoms with van der Waals surface area (Å²) in [6.07, 6.45) is 0. The molecule has 1 heterocycles. The van der Waals surface area contributed by atoms with Gasteiger partial charge in [0.25, 0.3) is 0 Å². The lowest BCUT2D eigenvalue weighted by Crippen LogP contribution is -2.30. The van der Waals surface area contributed by atoms with E-state index in [9.17, 15) is 4.79 Å². The van der Waals surface area contributed by atoms with Crippen molar-refractivity contribution < 1.29 is 14.3 Å². The summed E-state index contributed by atoms with van der Waals surface area (Å²) in [5.74, 6) is -0.364. The topological polar surface area (TPSA) is 61.5 Å². The molecule has 1 aromatic rings. The summed E-state index contributed by atoms with van der Waals surface area (Å²) in [5, 5.41) is 0.440. The third kappa shape index (κ3) is 2.73. The molecular weight excluding hydrogens is 238 g/mol. The molecular formula is C12H15NO3S. The highest BCUT2D eigenvalue weighted by Crippen LogP contribution is 2.33. The standard InChI is InChI=1S/C12H15NO3S/c1-2-16-12(14)9-4-3-5-10(11(9)13)17-8-6-15-7-8/h3-5,8H,2,6-7,13H2,1H3. The molecule has 0 bridgehead atoms. The molecule has 0 unspecified atom stereocenters. The molecule has 1 aromatic carbocycles. The first-order valence-corrected chi connectivity index (χ1v) is 6.40. The lowest BCUT2D eigenvalue weighted by Gasteiger charge is -2.25. The van der Waals surface area contributed by atoms with Crippen molar-refractivity contribution in [1.82, 2.24) is 0 Å². The number of anilines is 1. The summed E-state index contributed by atoms with van der Waals surface area (Å²) in [6.45, 7) is 3.62. The fraction of sp³-hybridized carbons (Fsp3) is 0.417. The van der Waals surface area contributed by atoms with E-state index in [1.54, 1.807) is 24.8 Å². The van der Waals surface area contributed by atoms with Crippen molar-refractivity contribution in [3.05, 3.63) is 23.8 Å². The molecule has 0 spiro atoms. The highest BCUT2D eigenvalue weighted by molar-refractivity contribution is 8.00. The molecule has 0 aromatic heterocycles. The van der Waals surface area contributed by atoms with Gasteiger partial charge in [0.15, 0.2) is 0 Å². The average Bonchev–Trinajstić information content (AvgIpc) is 2.25. The van der Waals surface area contributed by atoms with Crippen LogP contribution in [0.25, 0.3) is 0 Å². The fourth-order valence-electron chi connectivity index (χ4n) is 1.50. The minimum absolute atomic E-state index is 0.353. The van der Waals surface area contributed by atoms with Crippen molar-refractivity contribution in [2.45, 2.75) is 17.1 Å². The number of benzene rings is 1. The van der Waals surface area contributed by atoms with Crippen LogP contribution in [0.1, 0.15) is 17.3 Å². The van der Waals surface area contributed by atoms with E-state index in [1.807, 2.05) is 12.1 Å². The maximum absolute atomic E-state index is 11.7. The van der Waals surface area contributed by atoms with Crippen LogP contribution >= 0.6 is 11.8 Å². The van der Waals surface area contributed by atoms with Crippen LogP contribution in [0.3, 0.4) is 0 Å². The fourth-order valence-corrected chi connectivity index (χ4v) is 2.58.